The van der Waals surface area contributed by atoms with Crippen molar-refractivity contribution in [2.45, 2.75) is 37.0 Å². The molecule has 3 N–H and O–H groups in total. The third-order valence-electron chi connectivity index (χ3n) is 2.74. The van der Waals surface area contributed by atoms with Gasteiger partial charge in [0.2, 0.25) is 5.91 Å². The quantitative estimate of drug-likeness (QED) is 0.694. The van der Waals surface area contributed by atoms with E-state index in [9.17, 15) is 9.59 Å². The van der Waals surface area contributed by atoms with Gasteiger partial charge < -0.3 is 15.8 Å². The largest absolute Gasteiger partial charge is 0.468 e. The maximum absolute atomic E-state index is 11.6. The third kappa shape index (κ3) is 4.95. The second-order valence-corrected chi connectivity index (χ2v) is 5.38. The zero-order chi connectivity index (χ0) is 12.7. The van der Waals surface area contributed by atoms with Crippen molar-refractivity contribution in [2.75, 3.05) is 19.4 Å². The van der Waals surface area contributed by atoms with Crippen molar-refractivity contribution in [3.63, 3.8) is 0 Å². The summed E-state index contributed by atoms with van der Waals surface area (Å²) in [6.45, 7) is 0.775. The molecule has 1 rings (SSSR count). The molecule has 98 valence electrons. The SMILES string of the molecule is COC(=O)C(N)CCSC1CCCCNC1=O. The summed E-state index contributed by atoms with van der Waals surface area (Å²) >= 11 is 1.58. The summed E-state index contributed by atoms with van der Waals surface area (Å²) in [5.41, 5.74) is 5.62. The first kappa shape index (κ1) is 14.3. The number of nitrogens with two attached hydrogens (primary N) is 1. The molecule has 0 aromatic carbocycles. The maximum Gasteiger partial charge on any atom is 0.322 e. The lowest BCUT2D eigenvalue weighted by Crippen LogP contribution is -2.33. The molecule has 1 aliphatic heterocycles. The highest BCUT2D eigenvalue weighted by molar-refractivity contribution is 8.00. The molecule has 17 heavy (non-hydrogen) atoms. The summed E-state index contributed by atoms with van der Waals surface area (Å²) in [5.74, 6) is 0.420. The molecule has 6 heteroatoms. The van der Waals surface area contributed by atoms with Gasteiger partial charge in [-0.05, 0) is 25.0 Å². The molecular formula is C11H20N2O3S. The van der Waals surface area contributed by atoms with Crippen LogP contribution in [0.1, 0.15) is 25.7 Å². The number of thioether (sulfide) groups is 1. The van der Waals surface area contributed by atoms with Crippen LogP contribution in [0.3, 0.4) is 0 Å². The van der Waals surface area contributed by atoms with Crippen LogP contribution in [0.5, 0.6) is 0 Å². The highest BCUT2D eigenvalue weighted by atomic mass is 32.2. The van der Waals surface area contributed by atoms with E-state index in [1.165, 1.54) is 7.11 Å². The van der Waals surface area contributed by atoms with Gasteiger partial charge in [0.25, 0.3) is 0 Å². The molecule has 1 amide bonds. The van der Waals surface area contributed by atoms with Crippen molar-refractivity contribution in [1.29, 1.82) is 0 Å². The lowest BCUT2D eigenvalue weighted by atomic mass is 10.2. The zero-order valence-electron chi connectivity index (χ0n) is 10.1. The number of hydrogen-bond acceptors (Lipinski definition) is 5. The summed E-state index contributed by atoms with van der Waals surface area (Å²) in [6.07, 6.45) is 3.56. The topological polar surface area (TPSA) is 81.4 Å². The Kier molecular flexibility index (Phi) is 6.36. The summed E-state index contributed by atoms with van der Waals surface area (Å²) in [7, 11) is 1.33. The summed E-state index contributed by atoms with van der Waals surface area (Å²) in [6, 6.07) is -0.582. The molecule has 0 aromatic rings. The lowest BCUT2D eigenvalue weighted by molar-refractivity contribution is -0.142. The Labute approximate surface area is 106 Å². The van der Waals surface area contributed by atoms with Crippen LogP contribution in [0, 0.1) is 0 Å². The molecule has 2 atom stereocenters. The number of hydrogen-bond donors (Lipinski definition) is 2. The highest BCUT2D eigenvalue weighted by Crippen LogP contribution is 2.20. The van der Waals surface area contributed by atoms with Gasteiger partial charge in [-0.15, -0.1) is 11.8 Å². The number of rotatable bonds is 5. The number of methoxy groups -OCH3 is 1. The molecule has 0 bridgehead atoms. The van der Waals surface area contributed by atoms with Gasteiger partial charge >= 0.3 is 5.97 Å². The van der Waals surface area contributed by atoms with Gasteiger partial charge in [0.15, 0.2) is 0 Å². The average Bonchev–Trinajstić information content (AvgIpc) is 2.53. The maximum atomic E-state index is 11.6. The molecule has 0 aliphatic carbocycles. The van der Waals surface area contributed by atoms with E-state index in [-0.39, 0.29) is 11.2 Å². The standard InChI is InChI=1S/C11H20N2O3S/c1-16-11(15)8(12)5-7-17-9-4-2-3-6-13-10(9)14/h8-9H,2-7,12H2,1H3,(H,13,14). The van der Waals surface area contributed by atoms with Crippen molar-refractivity contribution < 1.29 is 14.3 Å². The van der Waals surface area contributed by atoms with E-state index in [2.05, 4.69) is 10.1 Å². The van der Waals surface area contributed by atoms with Crippen molar-refractivity contribution in [3.05, 3.63) is 0 Å². The summed E-state index contributed by atoms with van der Waals surface area (Å²) in [5, 5.41) is 2.89. The molecule has 5 nitrogen and oxygen atoms in total. The van der Waals surface area contributed by atoms with Crippen molar-refractivity contribution in [3.8, 4) is 0 Å². The minimum absolute atomic E-state index is 0.00217. The van der Waals surface area contributed by atoms with Crippen LogP contribution in [0.4, 0.5) is 0 Å². The van der Waals surface area contributed by atoms with Crippen LogP contribution in [-0.2, 0) is 14.3 Å². The summed E-state index contributed by atoms with van der Waals surface area (Å²) < 4.78 is 4.54. The molecule has 1 aliphatic rings. The number of esters is 1. The average molecular weight is 260 g/mol. The normalized spacial score (nSPS) is 22.5. The Bertz CT molecular complexity index is 273. The fourth-order valence-electron chi connectivity index (χ4n) is 1.68. The van der Waals surface area contributed by atoms with E-state index >= 15 is 0 Å². The van der Waals surface area contributed by atoms with E-state index in [4.69, 9.17) is 5.73 Å². The van der Waals surface area contributed by atoms with Crippen LogP contribution < -0.4 is 11.1 Å². The molecule has 1 heterocycles. The van der Waals surface area contributed by atoms with Crippen molar-refractivity contribution in [1.82, 2.24) is 5.32 Å². The van der Waals surface area contributed by atoms with Gasteiger partial charge in [-0.25, -0.2) is 0 Å². The number of ether oxygens (including phenoxy) is 1. The second kappa shape index (κ2) is 7.55. The van der Waals surface area contributed by atoms with Gasteiger partial charge in [0.05, 0.1) is 12.4 Å². The van der Waals surface area contributed by atoms with E-state index in [1.807, 2.05) is 0 Å². The third-order valence-corrected chi connectivity index (χ3v) is 4.06. The van der Waals surface area contributed by atoms with Crippen LogP contribution >= 0.6 is 11.8 Å². The van der Waals surface area contributed by atoms with Crippen molar-refractivity contribution in [2.24, 2.45) is 5.73 Å². The molecular weight excluding hydrogens is 240 g/mol. The van der Waals surface area contributed by atoms with Gasteiger partial charge in [0.1, 0.15) is 6.04 Å². The molecule has 1 fully saturated rings. The first-order chi connectivity index (χ1) is 8.15. The molecule has 0 saturated carbocycles. The fourth-order valence-corrected chi connectivity index (χ4v) is 2.92. The minimum atomic E-state index is -0.582. The van der Waals surface area contributed by atoms with Crippen LogP contribution in [0.25, 0.3) is 0 Å². The van der Waals surface area contributed by atoms with E-state index < -0.39 is 12.0 Å². The van der Waals surface area contributed by atoms with Gasteiger partial charge in [-0.2, -0.15) is 0 Å². The predicted molar refractivity (Wildman–Crippen MR) is 67.7 cm³/mol. The number of carbonyl (C=O) groups excluding carboxylic acids is 2. The molecule has 0 radical (unpaired) electrons. The fraction of sp³-hybridized carbons (Fsp3) is 0.818. The number of amides is 1. The smallest absolute Gasteiger partial charge is 0.322 e. The first-order valence-corrected chi connectivity index (χ1v) is 6.92. The van der Waals surface area contributed by atoms with E-state index in [0.29, 0.717) is 12.2 Å². The summed E-state index contributed by atoms with van der Waals surface area (Å²) in [4.78, 5) is 22.7. The van der Waals surface area contributed by atoms with Gasteiger partial charge in [-0.1, -0.05) is 6.42 Å². The first-order valence-electron chi connectivity index (χ1n) is 5.88. The predicted octanol–water partition coefficient (Wildman–Crippen LogP) is 0.279. The second-order valence-electron chi connectivity index (χ2n) is 4.06. The molecule has 0 aromatic heterocycles. The number of carbonyl (C=O) groups is 2. The van der Waals surface area contributed by atoms with Crippen LogP contribution in [0.15, 0.2) is 0 Å². The highest BCUT2D eigenvalue weighted by Gasteiger charge is 2.21. The number of nitrogens with one attached hydrogen (secondary N) is 1. The molecule has 2 unspecified atom stereocenters. The molecule has 0 spiro atoms. The van der Waals surface area contributed by atoms with Gasteiger partial charge in [0, 0.05) is 6.54 Å². The zero-order valence-corrected chi connectivity index (χ0v) is 10.9. The minimum Gasteiger partial charge on any atom is -0.468 e. The Morgan fingerprint density at radius 1 is 1.65 bits per heavy atom. The van der Waals surface area contributed by atoms with Crippen molar-refractivity contribution >= 4 is 23.6 Å². The van der Waals surface area contributed by atoms with Crippen LogP contribution in [-0.4, -0.2) is 42.6 Å². The Balaban J connectivity index is 2.25. The molecule has 1 saturated heterocycles. The van der Waals surface area contributed by atoms with Crippen LogP contribution in [0.2, 0.25) is 0 Å². The Hall–Kier alpha value is -0.750. The lowest BCUT2D eigenvalue weighted by Gasteiger charge is -2.14. The Morgan fingerprint density at radius 3 is 3.12 bits per heavy atom. The monoisotopic (exact) mass is 260 g/mol. The Morgan fingerprint density at radius 2 is 2.41 bits per heavy atom. The van der Waals surface area contributed by atoms with E-state index in [0.717, 1.165) is 25.8 Å². The van der Waals surface area contributed by atoms with E-state index in [1.54, 1.807) is 11.8 Å². The van der Waals surface area contributed by atoms with Gasteiger partial charge in [-0.3, -0.25) is 9.59 Å².